The van der Waals surface area contributed by atoms with Crippen LogP contribution in [0, 0.1) is 5.92 Å². The molecule has 106 valence electrons. The second-order valence-electron chi connectivity index (χ2n) is 5.45. The average Bonchev–Trinajstić information content (AvgIpc) is 2.83. The zero-order valence-corrected chi connectivity index (χ0v) is 13.1. The van der Waals surface area contributed by atoms with Crippen LogP contribution in [-0.2, 0) is 6.54 Å². The van der Waals surface area contributed by atoms with Crippen LogP contribution in [0.3, 0.4) is 0 Å². The molecular formula is C13H21BrN4O. The number of nitrogens with two attached hydrogens (primary N) is 1. The molecule has 1 saturated heterocycles. The summed E-state index contributed by atoms with van der Waals surface area (Å²) in [5, 5.41) is 4.28. The Kier molecular flexibility index (Phi) is 4.62. The van der Waals surface area contributed by atoms with Crippen LogP contribution in [-0.4, -0.2) is 28.9 Å². The van der Waals surface area contributed by atoms with E-state index in [0.29, 0.717) is 29.5 Å². The van der Waals surface area contributed by atoms with Crippen LogP contribution >= 0.6 is 15.9 Å². The molecule has 2 heterocycles. The molecule has 0 amide bonds. The van der Waals surface area contributed by atoms with Crippen molar-refractivity contribution in [2.75, 3.05) is 18.0 Å². The van der Waals surface area contributed by atoms with Crippen molar-refractivity contribution in [3.8, 4) is 0 Å². The number of rotatable bonds is 4. The van der Waals surface area contributed by atoms with Crippen LogP contribution < -0.4 is 16.2 Å². The van der Waals surface area contributed by atoms with Crippen molar-refractivity contribution in [3.63, 3.8) is 0 Å². The summed E-state index contributed by atoms with van der Waals surface area (Å²) in [5.41, 5.74) is 6.60. The molecule has 19 heavy (non-hydrogen) atoms. The van der Waals surface area contributed by atoms with Gasteiger partial charge in [-0.25, -0.2) is 4.68 Å². The zero-order valence-electron chi connectivity index (χ0n) is 11.5. The molecule has 1 aliphatic rings. The Hall–Kier alpha value is -0.880. The quantitative estimate of drug-likeness (QED) is 0.911. The van der Waals surface area contributed by atoms with Crippen LogP contribution in [0.25, 0.3) is 0 Å². The molecule has 0 aromatic carbocycles. The summed E-state index contributed by atoms with van der Waals surface area (Å²) in [4.78, 5) is 14.5. The monoisotopic (exact) mass is 328 g/mol. The molecule has 1 unspecified atom stereocenters. The first kappa shape index (κ1) is 14.5. The van der Waals surface area contributed by atoms with Crippen LogP contribution in [0.5, 0.6) is 0 Å². The second-order valence-corrected chi connectivity index (χ2v) is 6.24. The first-order chi connectivity index (χ1) is 9.04. The summed E-state index contributed by atoms with van der Waals surface area (Å²) >= 11 is 3.43. The Labute approximate surface area is 121 Å². The molecule has 1 aromatic heterocycles. The lowest BCUT2D eigenvalue weighted by Gasteiger charge is -2.26. The topological polar surface area (TPSA) is 64.2 Å². The predicted octanol–water partition coefficient (Wildman–Crippen LogP) is 1.59. The second kappa shape index (κ2) is 6.05. The predicted molar refractivity (Wildman–Crippen MR) is 80.5 cm³/mol. The number of halogens is 1. The summed E-state index contributed by atoms with van der Waals surface area (Å²) in [7, 11) is 0. The van der Waals surface area contributed by atoms with Gasteiger partial charge in [0, 0.05) is 25.7 Å². The maximum Gasteiger partial charge on any atom is 0.283 e. The molecule has 0 saturated carbocycles. The Morgan fingerprint density at radius 3 is 2.95 bits per heavy atom. The van der Waals surface area contributed by atoms with E-state index in [4.69, 9.17) is 5.73 Å². The maximum absolute atomic E-state index is 12.3. The van der Waals surface area contributed by atoms with Crippen molar-refractivity contribution in [1.29, 1.82) is 0 Å². The molecular weight excluding hydrogens is 308 g/mol. The third-order valence-corrected chi connectivity index (χ3v) is 4.21. The van der Waals surface area contributed by atoms with Gasteiger partial charge in [-0.05, 0) is 34.7 Å². The first-order valence-corrected chi connectivity index (χ1v) is 7.56. The lowest BCUT2D eigenvalue weighted by molar-refractivity contribution is 0.462. The van der Waals surface area contributed by atoms with Gasteiger partial charge in [-0.1, -0.05) is 13.8 Å². The normalized spacial score (nSPS) is 19.4. The largest absolute Gasteiger partial charge is 0.365 e. The number of hydrogen-bond acceptors (Lipinski definition) is 4. The van der Waals surface area contributed by atoms with Crippen LogP contribution in [0.2, 0.25) is 0 Å². The number of nitrogens with zero attached hydrogens (tertiary/aromatic N) is 3. The van der Waals surface area contributed by atoms with Gasteiger partial charge in [-0.15, -0.1) is 0 Å². The molecule has 0 spiro atoms. The summed E-state index contributed by atoms with van der Waals surface area (Å²) in [5.74, 6) is 0.395. The minimum Gasteiger partial charge on any atom is -0.365 e. The van der Waals surface area contributed by atoms with Crippen molar-refractivity contribution >= 4 is 21.6 Å². The van der Waals surface area contributed by atoms with E-state index in [9.17, 15) is 4.79 Å². The fourth-order valence-corrected chi connectivity index (χ4v) is 3.07. The Bertz CT molecular complexity index is 500. The van der Waals surface area contributed by atoms with Crippen molar-refractivity contribution < 1.29 is 0 Å². The minimum atomic E-state index is -0.0612. The van der Waals surface area contributed by atoms with E-state index < -0.39 is 0 Å². The molecule has 1 atom stereocenters. The van der Waals surface area contributed by atoms with Gasteiger partial charge in [0.1, 0.15) is 4.47 Å². The standard InChI is InChI=1S/C13H21BrN4O/c1-9(2)8-18-13(19)12(14)11(7-16-18)17-5-3-4-10(17)6-15/h7,9-10H,3-6,8,15H2,1-2H3. The molecule has 2 rings (SSSR count). The maximum atomic E-state index is 12.3. The van der Waals surface area contributed by atoms with E-state index in [1.54, 1.807) is 6.20 Å². The van der Waals surface area contributed by atoms with Gasteiger partial charge in [0.15, 0.2) is 0 Å². The van der Waals surface area contributed by atoms with Crippen LogP contribution in [0.4, 0.5) is 5.69 Å². The highest BCUT2D eigenvalue weighted by Gasteiger charge is 2.26. The molecule has 1 aliphatic heterocycles. The van der Waals surface area contributed by atoms with E-state index in [1.165, 1.54) is 4.68 Å². The third kappa shape index (κ3) is 3.00. The van der Waals surface area contributed by atoms with E-state index >= 15 is 0 Å². The fourth-order valence-electron chi connectivity index (χ4n) is 2.53. The summed E-state index contributed by atoms with van der Waals surface area (Å²) in [6, 6.07) is 0.318. The highest BCUT2D eigenvalue weighted by atomic mass is 79.9. The highest BCUT2D eigenvalue weighted by molar-refractivity contribution is 9.10. The number of anilines is 1. The molecule has 5 nitrogen and oxygen atoms in total. The van der Waals surface area contributed by atoms with E-state index in [0.717, 1.165) is 25.1 Å². The van der Waals surface area contributed by atoms with Crippen molar-refractivity contribution in [2.45, 2.75) is 39.3 Å². The zero-order chi connectivity index (χ0) is 14.0. The SMILES string of the molecule is CC(C)Cn1ncc(N2CCCC2CN)c(Br)c1=O. The summed E-state index contributed by atoms with van der Waals surface area (Å²) in [6.45, 7) is 6.33. The molecule has 6 heteroatoms. The molecule has 2 N–H and O–H groups in total. The molecule has 0 bridgehead atoms. The van der Waals surface area contributed by atoms with Crippen molar-refractivity contribution in [1.82, 2.24) is 9.78 Å². The summed E-state index contributed by atoms with van der Waals surface area (Å²) < 4.78 is 2.12. The van der Waals surface area contributed by atoms with Gasteiger partial charge in [0.25, 0.3) is 5.56 Å². The van der Waals surface area contributed by atoms with E-state index in [2.05, 4.69) is 39.8 Å². The Morgan fingerprint density at radius 2 is 2.32 bits per heavy atom. The number of hydrogen-bond donors (Lipinski definition) is 1. The lowest BCUT2D eigenvalue weighted by atomic mass is 10.2. The van der Waals surface area contributed by atoms with Gasteiger partial charge in [0.2, 0.25) is 0 Å². The lowest BCUT2D eigenvalue weighted by Crippen LogP contribution is -2.37. The summed E-state index contributed by atoms with van der Waals surface area (Å²) in [6.07, 6.45) is 3.98. The van der Waals surface area contributed by atoms with Gasteiger partial charge < -0.3 is 10.6 Å². The van der Waals surface area contributed by atoms with E-state index in [-0.39, 0.29) is 5.56 Å². The average molecular weight is 329 g/mol. The van der Waals surface area contributed by atoms with Crippen LogP contribution in [0.15, 0.2) is 15.5 Å². The fraction of sp³-hybridized carbons (Fsp3) is 0.692. The Balaban J connectivity index is 2.33. The Morgan fingerprint density at radius 1 is 1.58 bits per heavy atom. The molecule has 0 radical (unpaired) electrons. The van der Waals surface area contributed by atoms with E-state index in [1.807, 2.05) is 0 Å². The van der Waals surface area contributed by atoms with Crippen molar-refractivity contribution in [3.05, 3.63) is 21.0 Å². The van der Waals surface area contributed by atoms with Crippen molar-refractivity contribution in [2.24, 2.45) is 11.7 Å². The first-order valence-electron chi connectivity index (χ1n) is 6.77. The van der Waals surface area contributed by atoms with Gasteiger partial charge in [-0.3, -0.25) is 4.79 Å². The third-order valence-electron chi connectivity index (χ3n) is 3.46. The van der Waals surface area contributed by atoms with Gasteiger partial charge >= 0.3 is 0 Å². The molecule has 1 aromatic rings. The highest BCUT2D eigenvalue weighted by Crippen LogP contribution is 2.28. The molecule has 0 aliphatic carbocycles. The molecule has 1 fully saturated rings. The van der Waals surface area contributed by atoms with Gasteiger partial charge in [-0.2, -0.15) is 5.10 Å². The smallest absolute Gasteiger partial charge is 0.283 e. The van der Waals surface area contributed by atoms with Crippen LogP contribution in [0.1, 0.15) is 26.7 Å². The minimum absolute atomic E-state index is 0.0612. The number of aromatic nitrogens is 2. The van der Waals surface area contributed by atoms with Gasteiger partial charge in [0.05, 0.1) is 11.9 Å².